The fourth-order valence-electron chi connectivity index (χ4n) is 4.00. The number of benzene rings is 2. The number of ether oxygens (including phenoxy) is 1. The van der Waals surface area contributed by atoms with Gasteiger partial charge in [-0.05, 0) is 47.5 Å². The average Bonchev–Trinajstić information content (AvgIpc) is 3.33. The van der Waals surface area contributed by atoms with Gasteiger partial charge in [0.1, 0.15) is 5.75 Å². The number of alkyl halides is 3. The van der Waals surface area contributed by atoms with Gasteiger partial charge >= 0.3 is 6.18 Å². The second-order valence-corrected chi connectivity index (χ2v) is 10.7. The smallest absolute Gasteiger partial charge is 0.417 e. The molecule has 0 saturated carbocycles. The summed E-state index contributed by atoms with van der Waals surface area (Å²) in [7, 11) is -0.516. The molecule has 0 saturated heterocycles. The van der Waals surface area contributed by atoms with Crippen LogP contribution in [0.25, 0.3) is 11.3 Å². The molecule has 0 fully saturated rings. The van der Waals surface area contributed by atoms with Crippen molar-refractivity contribution in [2.24, 2.45) is 7.05 Å². The van der Waals surface area contributed by atoms with Crippen LogP contribution >= 0.6 is 0 Å². The fraction of sp³-hybridized carbons (Fsp3) is 0.259. The van der Waals surface area contributed by atoms with Crippen LogP contribution in [0.4, 0.5) is 13.2 Å². The zero-order chi connectivity index (χ0) is 27.5. The van der Waals surface area contributed by atoms with Crippen molar-refractivity contribution in [1.29, 1.82) is 0 Å². The van der Waals surface area contributed by atoms with E-state index in [9.17, 15) is 21.6 Å². The molecule has 7 nitrogen and oxygen atoms in total. The number of aryl methyl sites for hydroxylation is 1. The molecule has 0 N–H and O–H groups in total. The zero-order valence-electron chi connectivity index (χ0n) is 21.1. The molecule has 0 aliphatic rings. The van der Waals surface area contributed by atoms with Crippen molar-refractivity contribution in [3.05, 3.63) is 95.7 Å². The first kappa shape index (κ1) is 27.3. The van der Waals surface area contributed by atoms with E-state index in [4.69, 9.17) is 4.74 Å². The van der Waals surface area contributed by atoms with Crippen LogP contribution in [-0.2, 0) is 36.2 Å². The molecule has 4 aromatic rings. The molecule has 2 aromatic carbocycles. The van der Waals surface area contributed by atoms with Crippen LogP contribution in [0.1, 0.15) is 29.3 Å². The molecule has 0 spiro atoms. The van der Waals surface area contributed by atoms with E-state index in [1.54, 1.807) is 62.4 Å². The summed E-state index contributed by atoms with van der Waals surface area (Å²) in [6, 6.07) is 14.2. The molecule has 0 bridgehead atoms. The highest BCUT2D eigenvalue weighted by molar-refractivity contribution is 7.89. The third-order valence-electron chi connectivity index (χ3n) is 6.09. The predicted octanol–water partition coefficient (Wildman–Crippen LogP) is 5.31. The van der Waals surface area contributed by atoms with E-state index in [2.05, 4.69) is 9.97 Å². The van der Waals surface area contributed by atoms with Crippen LogP contribution in [0.2, 0.25) is 0 Å². The largest absolute Gasteiger partial charge is 0.497 e. The Bertz CT molecular complexity index is 1500. The highest BCUT2D eigenvalue weighted by atomic mass is 32.2. The minimum absolute atomic E-state index is 0.0950. The van der Waals surface area contributed by atoms with Gasteiger partial charge in [-0.1, -0.05) is 25.1 Å². The Morgan fingerprint density at radius 3 is 2.32 bits per heavy atom. The maximum absolute atomic E-state index is 13.6. The van der Waals surface area contributed by atoms with E-state index in [1.165, 1.54) is 16.4 Å². The number of pyridine rings is 1. The number of aromatic nitrogens is 3. The van der Waals surface area contributed by atoms with Gasteiger partial charge in [0, 0.05) is 50.2 Å². The van der Waals surface area contributed by atoms with E-state index in [0.29, 0.717) is 28.3 Å². The van der Waals surface area contributed by atoms with Gasteiger partial charge in [0.05, 0.1) is 29.6 Å². The Balaban J connectivity index is 1.68. The Morgan fingerprint density at radius 1 is 1.03 bits per heavy atom. The third-order valence-corrected chi connectivity index (χ3v) is 8.01. The molecule has 11 heteroatoms. The van der Waals surface area contributed by atoms with Gasteiger partial charge in [-0.3, -0.25) is 4.98 Å². The third kappa shape index (κ3) is 6.05. The fourth-order valence-corrected chi connectivity index (χ4v) is 5.47. The molecular weight excluding hydrogens is 517 g/mol. The highest BCUT2D eigenvalue weighted by Crippen LogP contribution is 2.31. The standard InChI is InChI=1S/C27H27F3N4O3S/c1-4-34(16-19-5-10-23(37-3)11-6-19)38(35,36)24-12-7-20(25(14-24)26-17-33(2)18-32-26)13-22-9-8-21(15-31-22)27(28,29)30/h5-12,14-15,17-18H,4,13,16H2,1-3H3. The van der Waals surface area contributed by atoms with E-state index < -0.39 is 21.8 Å². The molecule has 2 heterocycles. The molecule has 2 aromatic heterocycles. The number of methoxy groups -OCH3 is 1. The summed E-state index contributed by atoms with van der Waals surface area (Å²) in [4.78, 5) is 8.45. The minimum Gasteiger partial charge on any atom is -0.497 e. The molecular formula is C27H27F3N4O3S. The Labute approximate surface area is 219 Å². The van der Waals surface area contributed by atoms with Crippen LogP contribution < -0.4 is 4.74 Å². The summed E-state index contributed by atoms with van der Waals surface area (Å²) in [5, 5.41) is 0. The van der Waals surface area contributed by atoms with Crippen LogP contribution in [0.15, 0.2) is 78.2 Å². The van der Waals surface area contributed by atoms with Crippen molar-refractivity contribution >= 4 is 10.0 Å². The molecule has 0 amide bonds. The van der Waals surface area contributed by atoms with Crippen LogP contribution in [0.3, 0.4) is 0 Å². The number of rotatable bonds is 9. The lowest BCUT2D eigenvalue weighted by molar-refractivity contribution is -0.137. The second kappa shape index (κ2) is 11.0. The summed E-state index contributed by atoms with van der Waals surface area (Å²) in [5.41, 5.74) is 2.20. The number of halogens is 3. The van der Waals surface area contributed by atoms with Gasteiger partial charge in [0.2, 0.25) is 10.0 Å². The van der Waals surface area contributed by atoms with E-state index in [1.807, 2.05) is 12.1 Å². The normalized spacial score (nSPS) is 12.2. The number of hydrogen-bond acceptors (Lipinski definition) is 5. The maximum Gasteiger partial charge on any atom is 0.417 e. The zero-order valence-corrected chi connectivity index (χ0v) is 21.9. The molecule has 0 unspecified atom stereocenters. The monoisotopic (exact) mass is 544 g/mol. The summed E-state index contributed by atoms with van der Waals surface area (Å²) in [6.07, 6.45) is -0.124. The maximum atomic E-state index is 13.6. The quantitative estimate of drug-likeness (QED) is 0.285. The summed E-state index contributed by atoms with van der Waals surface area (Å²) in [5.74, 6) is 0.679. The Kier molecular flexibility index (Phi) is 7.89. The van der Waals surface area contributed by atoms with Crippen molar-refractivity contribution < 1.29 is 26.3 Å². The van der Waals surface area contributed by atoms with Gasteiger partial charge in [0.25, 0.3) is 0 Å². The van der Waals surface area contributed by atoms with Gasteiger partial charge in [-0.2, -0.15) is 17.5 Å². The second-order valence-electron chi connectivity index (χ2n) is 8.74. The van der Waals surface area contributed by atoms with Gasteiger partial charge in [0.15, 0.2) is 0 Å². The van der Waals surface area contributed by atoms with Gasteiger partial charge < -0.3 is 9.30 Å². The first-order valence-electron chi connectivity index (χ1n) is 11.8. The lowest BCUT2D eigenvalue weighted by atomic mass is 10.0. The van der Waals surface area contributed by atoms with Crippen LogP contribution in [0, 0.1) is 0 Å². The SMILES string of the molecule is CCN(Cc1ccc(OC)cc1)S(=O)(=O)c1ccc(Cc2ccc(C(F)(F)F)cn2)c(-c2cn(C)cn2)c1. The predicted molar refractivity (Wildman–Crippen MR) is 137 cm³/mol. The van der Waals surface area contributed by atoms with E-state index in [0.717, 1.165) is 17.8 Å². The number of hydrogen-bond donors (Lipinski definition) is 0. The number of sulfonamides is 1. The van der Waals surface area contributed by atoms with Crippen molar-refractivity contribution in [2.45, 2.75) is 31.0 Å². The summed E-state index contributed by atoms with van der Waals surface area (Å²) < 4.78 is 74.4. The van der Waals surface area contributed by atoms with Crippen molar-refractivity contribution in [3.8, 4) is 17.0 Å². The summed E-state index contributed by atoms with van der Waals surface area (Å²) in [6.45, 7) is 2.20. The molecule has 0 radical (unpaired) electrons. The van der Waals surface area contributed by atoms with Gasteiger partial charge in [-0.25, -0.2) is 13.4 Å². The molecule has 0 aliphatic carbocycles. The van der Waals surface area contributed by atoms with E-state index >= 15 is 0 Å². The van der Waals surface area contributed by atoms with Crippen LogP contribution in [-0.4, -0.2) is 40.9 Å². The lowest BCUT2D eigenvalue weighted by Gasteiger charge is -2.21. The lowest BCUT2D eigenvalue weighted by Crippen LogP contribution is -2.30. The molecule has 0 aliphatic heterocycles. The van der Waals surface area contributed by atoms with Gasteiger partial charge in [-0.15, -0.1) is 0 Å². The molecule has 38 heavy (non-hydrogen) atoms. The molecule has 0 atom stereocenters. The Morgan fingerprint density at radius 2 is 1.76 bits per heavy atom. The number of imidazole rings is 1. The minimum atomic E-state index is -4.47. The van der Waals surface area contributed by atoms with Crippen molar-refractivity contribution in [3.63, 3.8) is 0 Å². The topological polar surface area (TPSA) is 77.3 Å². The Hall–Kier alpha value is -3.70. The van der Waals surface area contributed by atoms with E-state index in [-0.39, 0.29) is 24.4 Å². The van der Waals surface area contributed by atoms with Crippen LogP contribution in [0.5, 0.6) is 5.75 Å². The summed E-state index contributed by atoms with van der Waals surface area (Å²) >= 11 is 0. The number of nitrogens with zero attached hydrogens (tertiary/aromatic N) is 4. The van der Waals surface area contributed by atoms with Crippen molar-refractivity contribution in [1.82, 2.24) is 18.8 Å². The molecule has 4 rings (SSSR count). The average molecular weight is 545 g/mol. The first-order chi connectivity index (χ1) is 18.0. The first-order valence-corrected chi connectivity index (χ1v) is 13.2. The molecule has 200 valence electrons. The van der Waals surface area contributed by atoms with Crippen molar-refractivity contribution in [2.75, 3.05) is 13.7 Å². The highest BCUT2D eigenvalue weighted by Gasteiger charge is 2.31.